The first-order valence-corrected chi connectivity index (χ1v) is 7.99. The molecule has 2 aromatic rings. The van der Waals surface area contributed by atoms with Crippen LogP contribution in [0.2, 0.25) is 0 Å². The number of likely N-dealkylation sites (N-methyl/N-ethyl adjacent to an activating group) is 1. The summed E-state index contributed by atoms with van der Waals surface area (Å²) in [6.07, 6.45) is 1.26. The molecule has 0 bridgehead atoms. The quantitative estimate of drug-likeness (QED) is 0.818. The highest BCUT2D eigenvalue weighted by Crippen LogP contribution is 2.26. The third-order valence-corrected chi connectivity index (χ3v) is 4.04. The van der Waals surface area contributed by atoms with Crippen molar-refractivity contribution in [2.45, 2.75) is 12.8 Å². The zero-order chi connectivity index (χ0) is 16.9. The molecule has 1 aliphatic rings. The summed E-state index contributed by atoms with van der Waals surface area (Å²) in [5.41, 5.74) is 2.16. The van der Waals surface area contributed by atoms with E-state index in [-0.39, 0.29) is 11.7 Å². The maximum absolute atomic E-state index is 12.8. The summed E-state index contributed by atoms with van der Waals surface area (Å²) >= 11 is 0. The highest BCUT2D eigenvalue weighted by molar-refractivity contribution is 5.78. The van der Waals surface area contributed by atoms with Gasteiger partial charge in [0.25, 0.3) is 0 Å². The number of hydrogen-bond acceptors (Lipinski definition) is 3. The largest absolute Gasteiger partial charge is 0.493 e. The Morgan fingerprint density at radius 2 is 2.04 bits per heavy atom. The lowest BCUT2D eigenvalue weighted by molar-refractivity contribution is -0.129. The maximum Gasteiger partial charge on any atom is 0.226 e. The molecule has 1 amide bonds. The number of carbonyl (C=O) groups is 1. The summed E-state index contributed by atoms with van der Waals surface area (Å²) in [5, 5.41) is 0. The van der Waals surface area contributed by atoms with Crippen LogP contribution < -0.4 is 9.47 Å². The number of halogens is 1. The highest BCUT2D eigenvalue weighted by atomic mass is 19.1. The molecule has 0 aromatic heterocycles. The van der Waals surface area contributed by atoms with Crippen LogP contribution in [-0.4, -0.2) is 37.6 Å². The molecule has 24 heavy (non-hydrogen) atoms. The average molecular weight is 329 g/mol. The van der Waals surface area contributed by atoms with Gasteiger partial charge in [0.05, 0.1) is 19.6 Å². The lowest BCUT2D eigenvalue weighted by atomic mass is 10.1. The van der Waals surface area contributed by atoms with Crippen molar-refractivity contribution in [3.05, 3.63) is 59.4 Å². The zero-order valence-corrected chi connectivity index (χ0v) is 13.6. The lowest BCUT2D eigenvalue weighted by Gasteiger charge is -2.17. The second-order valence-electron chi connectivity index (χ2n) is 5.83. The molecule has 3 rings (SSSR count). The minimum atomic E-state index is -0.297. The number of hydrogen-bond donors (Lipinski definition) is 0. The van der Waals surface area contributed by atoms with Gasteiger partial charge in [0, 0.05) is 13.5 Å². The molecule has 0 spiro atoms. The van der Waals surface area contributed by atoms with Gasteiger partial charge in [-0.2, -0.15) is 0 Å². The van der Waals surface area contributed by atoms with Crippen molar-refractivity contribution in [2.75, 3.05) is 26.8 Å². The maximum atomic E-state index is 12.8. The van der Waals surface area contributed by atoms with Crippen molar-refractivity contribution in [1.82, 2.24) is 4.90 Å². The number of fused-ring (bicyclic) bond motifs is 1. The van der Waals surface area contributed by atoms with Gasteiger partial charge in [-0.25, -0.2) is 4.39 Å². The number of carbonyl (C=O) groups excluding carboxylic acids is 1. The van der Waals surface area contributed by atoms with Crippen molar-refractivity contribution < 1.29 is 18.7 Å². The van der Waals surface area contributed by atoms with E-state index in [0.29, 0.717) is 31.9 Å². The van der Waals surface area contributed by atoms with Gasteiger partial charge in [0.15, 0.2) is 0 Å². The molecule has 0 atom stereocenters. The number of ether oxygens (including phenoxy) is 2. The van der Waals surface area contributed by atoms with Crippen LogP contribution in [0.5, 0.6) is 11.5 Å². The SMILES string of the molecule is CN(CCOc1ccc(F)cc1)C(=O)Cc1ccc2c(c1)CCO2. The minimum absolute atomic E-state index is 0.0385. The van der Waals surface area contributed by atoms with Crippen LogP contribution in [0.1, 0.15) is 11.1 Å². The molecular formula is C19H20FNO3. The third kappa shape index (κ3) is 4.04. The van der Waals surface area contributed by atoms with Crippen molar-refractivity contribution in [1.29, 1.82) is 0 Å². The van der Waals surface area contributed by atoms with E-state index in [0.717, 1.165) is 17.7 Å². The first-order chi connectivity index (χ1) is 11.6. The summed E-state index contributed by atoms with van der Waals surface area (Å²) in [7, 11) is 1.76. The topological polar surface area (TPSA) is 38.8 Å². The molecule has 5 heteroatoms. The summed E-state index contributed by atoms with van der Waals surface area (Å²) in [6.45, 7) is 1.56. The Labute approximate surface area is 140 Å². The fourth-order valence-corrected chi connectivity index (χ4v) is 2.62. The van der Waals surface area contributed by atoms with E-state index in [1.807, 2.05) is 18.2 Å². The highest BCUT2D eigenvalue weighted by Gasteiger charge is 2.15. The molecule has 4 nitrogen and oxygen atoms in total. The Hall–Kier alpha value is -2.56. The minimum Gasteiger partial charge on any atom is -0.493 e. The van der Waals surface area contributed by atoms with E-state index >= 15 is 0 Å². The first kappa shape index (κ1) is 16.3. The Balaban J connectivity index is 1.47. The number of benzene rings is 2. The molecule has 0 saturated carbocycles. The van der Waals surface area contributed by atoms with E-state index < -0.39 is 0 Å². The summed E-state index contributed by atoms with van der Waals surface area (Å²) in [6, 6.07) is 11.8. The Morgan fingerprint density at radius 3 is 2.83 bits per heavy atom. The summed E-state index contributed by atoms with van der Waals surface area (Å²) in [4.78, 5) is 13.9. The van der Waals surface area contributed by atoms with Gasteiger partial charge in [-0.15, -0.1) is 0 Å². The van der Waals surface area contributed by atoms with Gasteiger partial charge in [0.2, 0.25) is 5.91 Å². The second kappa shape index (κ2) is 7.34. The molecule has 0 fully saturated rings. The molecule has 0 unspecified atom stereocenters. The molecule has 0 saturated heterocycles. The van der Waals surface area contributed by atoms with Crippen LogP contribution in [0, 0.1) is 5.82 Å². The van der Waals surface area contributed by atoms with Crippen LogP contribution >= 0.6 is 0 Å². The van der Waals surface area contributed by atoms with E-state index in [1.54, 1.807) is 24.1 Å². The summed E-state index contributed by atoms with van der Waals surface area (Å²) in [5.74, 6) is 1.26. The van der Waals surface area contributed by atoms with Gasteiger partial charge in [-0.1, -0.05) is 12.1 Å². The van der Waals surface area contributed by atoms with Gasteiger partial charge in [-0.3, -0.25) is 4.79 Å². The molecule has 2 aromatic carbocycles. The lowest BCUT2D eigenvalue weighted by Crippen LogP contribution is -2.32. The Bertz CT molecular complexity index is 715. The predicted molar refractivity (Wildman–Crippen MR) is 88.9 cm³/mol. The van der Waals surface area contributed by atoms with E-state index in [1.165, 1.54) is 17.7 Å². The molecule has 126 valence electrons. The van der Waals surface area contributed by atoms with Crippen LogP contribution in [0.15, 0.2) is 42.5 Å². The average Bonchev–Trinajstić information content (AvgIpc) is 3.04. The van der Waals surface area contributed by atoms with Crippen LogP contribution in [0.4, 0.5) is 4.39 Å². The van der Waals surface area contributed by atoms with Crippen molar-refractivity contribution in [3.8, 4) is 11.5 Å². The van der Waals surface area contributed by atoms with Gasteiger partial charge in [-0.05, 0) is 41.5 Å². The Morgan fingerprint density at radius 1 is 1.25 bits per heavy atom. The van der Waals surface area contributed by atoms with Gasteiger partial charge < -0.3 is 14.4 Å². The molecule has 0 radical (unpaired) electrons. The molecule has 0 aliphatic carbocycles. The number of nitrogens with zero attached hydrogens (tertiary/aromatic N) is 1. The molecular weight excluding hydrogens is 309 g/mol. The molecule has 0 N–H and O–H groups in total. The normalized spacial score (nSPS) is 12.4. The summed E-state index contributed by atoms with van der Waals surface area (Å²) < 4.78 is 23.8. The molecule has 1 heterocycles. The van der Waals surface area contributed by atoms with Gasteiger partial charge >= 0.3 is 0 Å². The monoisotopic (exact) mass is 329 g/mol. The van der Waals surface area contributed by atoms with Crippen LogP contribution in [-0.2, 0) is 17.6 Å². The van der Waals surface area contributed by atoms with E-state index in [9.17, 15) is 9.18 Å². The molecule has 1 aliphatic heterocycles. The van der Waals surface area contributed by atoms with Crippen molar-refractivity contribution in [2.24, 2.45) is 0 Å². The van der Waals surface area contributed by atoms with E-state index in [4.69, 9.17) is 9.47 Å². The predicted octanol–water partition coefficient (Wildman–Crippen LogP) is 2.84. The zero-order valence-electron chi connectivity index (χ0n) is 13.6. The second-order valence-corrected chi connectivity index (χ2v) is 5.83. The smallest absolute Gasteiger partial charge is 0.226 e. The van der Waals surface area contributed by atoms with Crippen LogP contribution in [0.3, 0.4) is 0 Å². The fourth-order valence-electron chi connectivity index (χ4n) is 2.62. The van der Waals surface area contributed by atoms with E-state index in [2.05, 4.69) is 0 Å². The number of rotatable bonds is 6. The fraction of sp³-hybridized carbons (Fsp3) is 0.316. The van der Waals surface area contributed by atoms with Crippen molar-refractivity contribution >= 4 is 5.91 Å². The standard InChI is InChI=1S/C19H20FNO3/c1-21(9-11-23-17-5-3-16(20)4-6-17)19(22)13-14-2-7-18-15(12-14)8-10-24-18/h2-7,12H,8-11,13H2,1H3. The van der Waals surface area contributed by atoms with Crippen molar-refractivity contribution in [3.63, 3.8) is 0 Å². The first-order valence-electron chi connectivity index (χ1n) is 7.99. The Kier molecular flexibility index (Phi) is 4.99. The van der Waals surface area contributed by atoms with Crippen LogP contribution in [0.25, 0.3) is 0 Å². The number of amides is 1. The third-order valence-electron chi connectivity index (χ3n) is 4.04. The van der Waals surface area contributed by atoms with Gasteiger partial charge in [0.1, 0.15) is 23.9 Å².